The lowest BCUT2D eigenvalue weighted by atomic mass is 10.1. The molecule has 0 bridgehead atoms. The van der Waals surface area contributed by atoms with E-state index < -0.39 is 4.92 Å². The molecule has 0 aliphatic carbocycles. The highest BCUT2D eigenvalue weighted by atomic mass is 16.6. The van der Waals surface area contributed by atoms with Gasteiger partial charge in [-0.05, 0) is 6.07 Å². The van der Waals surface area contributed by atoms with E-state index in [-0.39, 0.29) is 17.1 Å². The number of nitro benzene ring substituents is 1. The van der Waals surface area contributed by atoms with Gasteiger partial charge in [-0.1, -0.05) is 0 Å². The summed E-state index contributed by atoms with van der Waals surface area (Å²) < 4.78 is 0. The van der Waals surface area contributed by atoms with Gasteiger partial charge in [0.05, 0.1) is 10.5 Å². The summed E-state index contributed by atoms with van der Waals surface area (Å²) in [6.07, 6.45) is 0. The van der Waals surface area contributed by atoms with Gasteiger partial charge in [-0.15, -0.1) is 0 Å². The maximum absolute atomic E-state index is 10.5. The fraction of sp³-hybridized carbons (Fsp3) is 0.200. The molecule has 0 atom stereocenters. The number of benzene rings is 1. The van der Waals surface area contributed by atoms with Gasteiger partial charge in [0, 0.05) is 31.8 Å². The number of nitrogens with zero attached hydrogens (tertiary/aromatic N) is 3. The molecular weight excluding hydrogens is 208 g/mol. The average molecular weight is 218 g/mol. The minimum absolute atomic E-state index is 0.132. The summed E-state index contributed by atoms with van der Waals surface area (Å²) in [4.78, 5) is 11.5. The SMILES string of the molecule is CN(C)C(=N)c1ccc([N+](=O)[O-])cc1C#N. The maximum Gasteiger partial charge on any atom is 0.270 e. The van der Waals surface area contributed by atoms with Crippen molar-refractivity contribution in [3.63, 3.8) is 0 Å². The van der Waals surface area contributed by atoms with Gasteiger partial charge in [-0.25, -0.2) is 0 Å². The van der Waals surface area contributed by atoms with E-state index in [0.29, 0.717) is 5.56 Å². The van der Waals surface area contributed by atoms with Gasteiger partial charge in [-0.3, -0.25) is 15.5 Å². The first kappa shape index (κ1) is 11.7. The summed E-state index contributed by atoms with van der Waals surface area (Å²) in [5.74, 6) is 0.145. The predicted molar refractivity (Wildman–Crippen MR) is 58.3 cm³/mol. The largest absolute Gasteiger partial charge is 0.363 e. The molecule has 82 valence electrons. The maximum atomic E-state index is 10.5. The molecule has 1 rings (SSSR count). The lowest BCUT2D eigenvalue weighted by Gasteiger charge is -2.14. The highest BCUT2D eigenvalue weighted by molar-refractivity contribution is 5.98. The van der Waals surface area contributed by atoms with Gasteiger partial charge in [0.1, 0.15) is 11.9 Å². The highest BCUT2D eigenvalue weighted by Crippen LogP contribution is 2.18. The minimum Gasteiger partial charge on any atom is -0.363 e. The zero-order chi connectivity index (χ0) is 12.3. The zero-order valence-corrected chi connectivity index (χ0v) is 8.89. The summed E-state index contributed by atoms with van der Waals surface area (Å²) in [7, 11) is 3.34. The van der Waals surface area contributed by atoms with Crippen LogP contribution in [0, 0.1) is 26.9 Å². The molecule has 0 spiro atoms. The second-order valence-electron chi connectivity index (χ2n) is 3.34. The van der Waals surface area contributed by atoms with Crippen molar-refractivity contribution in [3.05, 3.63) is 39.4 Å². The van der Waals surface area contributed by atoms with Crippen LogP contribution in [0.2, 0.25) is 0 Å². The number of amidine groups is 1. The number of nitro groups is 1. The molecule has 0 radical (unpaired) electrons. The van der Waals surface area contributed by atoms with E-state index in [1.807, 2.05) is 6.07 Å². The Hall–Kier alpha value is -2.42. The van der Waals surface area contributed by atoms with Crippen LogP contribution in [-0.4, -0.2) is 29.8 Å². The monoisotopic (exact) mass is 218 g/mol. The van der Waals surface area contributed by atoms with E-state index in [0.717, 1.165) is 0 Å². The number of non-ortho nitro benzene ring substituents is 1. The van der Waals surface area contributed by atoms with Crippen molar-refractivity contribution < 1.29 is 4.92 Å². The number of hydrogen-bond acceptors (Lipinski definition) is 4. The lowest BCUT2D eigenvalue weighted by molar-refractivity contribution is -0.384. The number of hydrogen-bond donors (Lipinski definition) is 1. The Morgan fingerprint density at radius 3 is 2.62 bits per heavy atom. The van der Waals surface area contributed by atoms with Crippen LogP contribution in [0.1, 0.15) is 11.1 Å². The van der Waals surface area contributed by atoms with Gasteiger partial charge in [0.15, 0.2) is 0 Å². The third-order valence-corrected chi connectivity index (χ3v) is 2.04. The molecule has 1 aromatic carbocycles. The van der Waals surface area contributed by atoms with Crippen molar-refractivity contribution in [1.82, 2.24) is 4.90 Å². The van der Waals surface area contributed by atoms with Gasteiger partial charge in [-0.2, -0.15) is 5.26 Å². The minimum atomic E-state index is -0.566. The molecule has 0 aromatic heterocycles. The standard InChI is InChI=1S/C10H10N4O2/c1-13(2)10(12)9-4-3-8(14(15)16)5-7(9)6-11/h3-5,12H,1-2H3. The van der Waals surface area contributed by atoms with Crippen molar-refractivity contribution >= 4 is 11.5 Å². The van der Waals surface area contributed by atoms with Crippen LogP contribution in [-0.2, 0) is 0 Å². The van der Waals surface area contributed by atoms with Crippen molar-refractivity contribution in [2.45, 2.75) is 0 Å². The zero-order valence-electron chi connectivity index (χ0n) is 8.89. The smallest absolute Gasteiger partial charge is 0.270 e. The Balaban J connectivity index is 3.29. The molecule has 0 aliphatic heterocycles. The average Bonchev–Trinajstić information content (AvgIpc) is 2.26. The first-order valence-corrected chi connectivity index (χ1v) is 4.42. The number of rotatable bonds is 2. The summed E-state index contributed by atoms with van der Waals surface area (Å²) in [5.41, 5.74) is 0.373. The molecule has 0 saturated heterocycles. The Bertz CT molecular complexity index is 488. The lowest BCUT2D eigenvalue weighted by Crippen LogP contribution is -2.22. The first-order valence-electron chi connectivity index (χ1n) is 4.42. The summed E-state index contributed by atoms with van der Waals surface area (Å²) in [6, 6.07) is 5.73. The van der Waals surface area contributed by atoms with Crippen LogP contribution in [0.3, 0.4) is 0 Å². The number of nitriles is 1. The van der Waals surface area contributed by atoms with Gasteiger partial charge < -0.3 is 4.90 Å². The molecule has 0 amide bonds. The predicted octanol–water partition coefficient (Wildman–Crippen LogP) is 1.35. The molecule has 1 N–H and O–H groups in total. The third kappa shape index (κ3) is 2.15. The van der Waals surface area contributed by atoms with Crippen LogP contribution in [0.5, 0.6) is 0 Å². The van der Waals surface area contributed by atoms with E-state index in [4.69, 9.17) is 10.7 Å². The van der Waals surface area contributed by atoms with Crippen molar-refractivity contribution in [2.24, 2.45) is 0 Å². The molecular formula is C10H10N4O2. The molecule has 0 aliphatic rings. The Morgan fingerprint density at radius 1 is 1.56 bits per heavy atom. The van der Waals surface area contributed by atoms with Gasteiger partial charge >= 0.3 is 0 Å². The summed E-state index contributed by atoms with van der Waals surface area (Å²) >= 11 is 0. The Kier molecular flexibility index (Phi) is 3.20. The van der Waals surface area contributed by atoms with Crippen molar-refractivity contribution in [1.29, 1.82) is 10.7 Å². The van der Waals surface area contributed by atoms with Gasteiger partial charge in [0.25, 0.3) is 5.69 Å². The molecule has 6 nitrogen and oxygen atoms in total. The van der Waals surface area contributed by atoms with E-state index in [9.17, 15) is 10.1 Å². The van der Waals surface area contributed by atoms with Crippen LogP contribution in [0.25, 0.3) is 0 Å². The van der Waals surface area contributed by atoms with E-state index in [2.05, 4.69) is 0 Å². The summed E-state index contributed by atoms with van der Waals surface area (Å²) in [6.45, 7) is 0. The fourth-order valence-corrected chi connectivity index (χ4v) is 1.19. The molecule has 0 heterocycles. The van der Waals surface area contributed by atoms with Gasteiger partial charge in [0.2, 0.25) is 0 Å². The third-order valence-electron chi connectivity index (χ3n) is 2.04. The fourth-order valence-electron chi connectivity index (χ4n) is 1.19. The first-order chi connectivity index (χ1) is 7.47. The van der Waals surface area contributed by atoms with Crippen LogP contribution in [0.4, 0.5) is 5.69 Å². The molecule has 0 fully saturated rings. The second-order valence-corrected chi connectivity index (χ2v) is 3.34. The highest BCUT2D eigenvalue weighted by Gasteiger charge is 2.14. The quantitative estimate of drug-likeness (QED) is 0.351. The van der Waals surface area contributed by atoms with Crippen molar-refractivity contribution in [2.75, 3.05) is 14.1 Å². The van der Waals surface area contributed by atoms with Crippen LogP contribution < -0.4 is 0 Å². The van der Waals surface area contributed by atoms with E-state index >= 15 is 0 Å². The number of nitrogens with one attached hydrogen (secondary N) is 1. The van der Waals surface area contributed by atoms with Crippen molar-refractivity contribution in [3.8, 4) is 6.07 Å². The molecule has 6 heteroatoms. The molecule has 0 unspecified atom stereocenters. The van der Waals surface area contributed by atoms with E-state index in [1.165, 1.54) is 23.1 Å². The van der Waals surface area contributed by atoms with Crippen LogP contribution >= 0.6 is 0 Å². The second kappa shape index (κ2) is 4.40. The normalized spacial score (nSPS) is 9.31. The molecule has 0 saturated carbocycles. The topological polar surface area (TPSA) is 94.0 Å². The van der Waals surface area contributed by atoms with Crippen LogP contribution in [0.15, 0.2) is 18.2 Å². The molecule has 1 aromatic rings. The summed E-state index contributed by atoms with van der Waals surface area (Å²) in [5, 5.41) is 27.1. The molecule has 16 heavy (non-hydrogen) atoms. The van der Waals surface area contributed by atoms with E-state index in [1.54, 1.807) is 14.1 Å². The Labute approximate surface area is 92.4 Å². The Morgan fingerprint density at radius 2 is 2.19 bits per heavy atom.